The Balaban J connectivity index is 1.24. The molecule has 1 aliphatic heterocycles. The number of amides is 1. The van der Waals surface area contributed by atoms with Crippen molar-refractivity contribution in [2.75, 3.05) is 0 Å². The van der Waals surface area contributed by atoms with Crippen LogP contribution in [-0.4, -0.2) is 38.7 Å². The monoisotopic (exact) mass is 417 g/mol. The number of carbonyl (C=O) groups excluding carboxylic acids is 1. The van der Waals surface area contributed by atoms with Gasteiger partial charge >= 0.3 is 5.97 Å². The molecule has 2 N–H and O–H groups in total. The van der Waals surface area contributed by atoms with Crippen LogP contribution in [0.3, 0.4) is 0 Å². The lowest BCUT2D eigenvalue weighted by Crippen LogP contribution is -2.37. The maximum absolute atomic E-state index is 13.2. The Labute approximate surface area is 179 Å². The highest BCUT2D eigenvalue weighted by Crippen LogP contribution is 2.87. The molecule has 3 aromatic rings. The lowest BCUT2D eigenvalue weighted by molar-refractivity contribution is -0.141. The average Bonchev–Trinajstić information content (AvgIpc) is 3.45. The van der Waals surface area contributed by atoms with Crippen LogP contribution >= 0.6 is 0 Å². The van der Waals surface area contributed by atoms with Crippen molar-refractivity contribution in [3.63, 3.8) is 0 Å². The number of hydrogen-bond donors (Lipinski definition) is 2. The zero-order chi connectivity index (χ0) is 21.4. The average molecular weight is 417 g/mol. The molecule has 2 aliphatic carbocycles. The topological polar surface area (TPSA) is 93.5 Å². The number of fused-ring (bicyclic) bond motifs is 3. The van der Waals surface area contributed by atoms with Crippen LogP contribution in [-0.2, 0) is 17.8 Å². The molecule has 0 radical (unpaired) electrons. The van der Waals surface area contributed by atoms with Crippen LogP contribution in [0.2, 0.25) is 0 Å². The van der Waals surface area contributed by atoms with Crippen LogP contribution < -0.4 is 10.1 Å². The van der Waals surface area contributed by atoms with Crippen LogP contribution in [0.1, 0.15) is 35.7 Å². The van der Waals surface area contributed by atoms with E-state index in [-0.39, 0.29) is 23.5 Å². The Morgan fingerprint density at radius 2 is 2.10 bits per heavy atom. The summed E-state index contributed by atoms with van der Waals surface area (Å²) in [6.45, 7) is 2.54. The second kappa shape index (κ2) is 6.09. The minimum absolute atomic E-state index is 0.00370. The number of carboxylic acid groups (broad SMARTS) is 1. The SMILES string of the molecule is CC(NC(=O)c1cncc2ccn(CC3Cc4ccccc4O3)c12)C12CC1(C(=O)O)C2. The molecule has 0 saturated heterocycles. The smallest absolute Gasteiger partial charge is 0.310 e. The first-order valence-corrected chi connectivity index (χ1v) is 10.7. The molecule has 3 heterocycles. The van der Waals surface area contributed by atoms with Crippen molar-refractivity contribution in [2.45, 2.75) is 44.9 Å². The third-order valence-electron chi connectivity index (χ3n) is 7.55. The summed E-state index contributed by atoms with van der Waals surface area (Å²) < 4.78 is 8.15. The summed E-state index contributed by atoms with van der Waals surface area (Å²) in [5.41, 5.74) is 1.64. The number of aliphatic carboxylic acids is 1. The van der Waals surface area contributed by atoms with E-state index in [4.69, 9.17) is 4.74 Å². The van der Waals surface area contributed by atoms with Crippen molar-refractivity contribution in [3.8, 4) is 5.75 Å². The van der Waals surface area contributed by atoms with Gasteiger partial charge < -0.3 is 19.7 Å². The lowest BCUT2D eigenvalue weighted by atomic mass is 10.1. The molecule has 0 bridgehead atoms. The first kappa shape index (κ1) is 18.4. The van der Waals surface area contributed by atoms with Crippen molar-refractivity contribution in [2.24, 2.45) is 10.8 Å². The fourth-order valence-electron chi connectivity index (χ4n) is 5.48. The first-order valence-electron chi connectivity index (χ1n) is 10.7. The number of aromatic nitrogens is 2. The number of pyridine rings is 1. The van der Waals surface area contributed by atoms with Gasteiger partial charge in [-0.2, -0.15) is 0 Å². The number of carbonyl (C=O) groups is 2. The molecular formula is C24H23N3O4. The van der Waals surface area contributed by atoms with Gasteiger partial charge in [-0.15, -0.1) is 0 Å². The van der Waals surface area contributed by atoms with Gasteiger partial charge in [0.2, 0.25) is 0 Å². The lowest BCUT2D eigenvalue weighted by Gasteiger charge is -2.18. The Morgan fingerprint density at radius 3 is 2.84 bits per heavy atom. The highest BCUT2D eigenvalue weighted by Gasteiger charge is 2.89. The van der Waals surface area contributed by atoms with Gasteiger partial charge in [0.25, 0.3) is 5.91 Å². The molecule has 2 atom stereocenters. The minimum atomic E-state index is -0.746. The molecule has 158 valence electrons. The van der Waals surface area contributed by atoms with E-state index < -0.39 is 11.4 Å². The fraction of sp³-hybridized carbons (Fsp3) is 0.375. The number of hydrogen-bond acceptors (Lipinski definition) is 4. The van der Waals surface area contributed by atoms with E-state index >= 15 is 0 Å². The summed E-state index contributed by atoms with van der Waals surface area (Å²) in [6, 6.07) is 9.82. The van der Waals surface area contributed by atoms with Gasteiger partial charge in [-0.25, -0.2) is 0 Å². The van der Waals surface area contributed by atoms with Crippen molar-refractivity contribution < 1.29 is 19.4 Å². The van der Waals surface area contributed by atoms with E-state index in [0.29, 0.717) is 24.9 Å². The van der Waals surface area contributed by atoms with Crippen LogP contribution in [0.25, 0.3) is 10.9 Å². The number of benzene rings is 1. The second-order valence-corrected chi connectivity index (χ2v) is 9.24. The molecule has 7 nitrogen and oxygen atoms in total. The Bertz CT molecular complexity index is 1220. The summed E-state index contributed by atoms with van der Waals surface area (Å²) in [5.74, 6) is -0.0371. The van der Waals surface area contributed by atoms with Gasteiger partial charge in [-0.3, -0.25) is 14.6 Å². The highest BCUT2D eigenvalue weighted by molar-refractivity contribution is 6.05. The largest absolute Gasteiger partial charge is 0.488 e. The molecule has 1 amide bonds. The molecule has 2 saturated carbocycles. The summed E-state index contributed by atoms with van der Waals surface area (Å²) in [5, 5.41) is 13.4. The fourth-order valence-corrected chi connectivity index (χ4v) is 5.48. The van der Waals surface area contributed by atoms with E-state index in [1.165, 1.54) is 5.56 Å². The Hall–Kier alpha value is -3.35. The van der Waals surface area contributed by atoms with Gasteiger partial charge in [0.1, 0.15) is 11.9 Å². The predicted octanol–water partition coefficient (Wildman–Crippen LogP) is 3.02. The summed E-state index contributed by atoms with van der Waals surface area (Å²) in [6.07, 6.45) is 7.45. The highest BCUT2D eigenvalue weighted by atomic mass is 16.5. The van der Waals surface area contributed by atoms with E-state index in [9.17, 15) is 14.7 Å². The molecule has 7 heteroatoms. The molecule has 6 rings (SSSR count). The molecule has 0 spiro atoms. The van der Waals surface area contributed by atoms with Gasteiger partial charge in [-0.05, 0) is 37.5 Å². The van der Waals surface area contributed by atoms with E-state index in [2.05, 4.69) is 20.9 Å². The quantitative estimate of drug-likeness (QED) is 0.643. The number of nitrogens with one attached hydrogen (secondary N) is 1. The van der Waals surface area contributed by atoms with Gasteiger partial charge in [0, 0.05) is 41.9 Å². The van der Waals surface area contributed by atoms with Crippen LogP contribution in [0.5, 0.6) is 5.75 Å². The second-order valence-electron chi connectivity index (χ2n) is 9.24. The van der Waals surface area contributed by atoms with Crippen LogP contribution in [0.4, 0.5) is 0 Å². The zero-order valence-corrected chi connectivity index (χ0v) is 17.2. The third-order valence-corrected chi connectivity index (χ3v) is 7.55. The molecule has 2 unspecified atom stereocenters. The maximum Gasteiger partial charge on any atom is 0.310 e. The summed E-state index contributed by atoms with van der Waals surface area (Å²) in [7, 11) is 0. The van der Waals surface area contributed by atoms with Crippen molar-refractivity contribution >= 4 is 22.8 Å². The Kier molecular flexibility index (Phi) is 3.62. The standard InChI is InChI=1S/C24H23N3O4/c1-14(23-12-24(23,13-23)22(29)30)26-21(28)18-10-25-9-16-6-7-27(20(16)18)11-17-8-15-4-2-3-5-19(15)31-17/h2-7,9-10,14,17H,8,11-13H2,1H3,(H,26,28)(H,29,30). The summed E-state index contributed by atoms with van der Waals surface area (Å²) in [4.78, 5) is 28.9. The number of nitrogens with zero attached hydrogens (tertiary/aromatic N) is 2. The Morgan fingerprint density at radius 1 is 1.29 bits per heavy atom. The third kappa shape index (κ3) is 2.55. The summed E-state index contributed by atoms with van der Waals surface area (Å²) >= 11 is 0. The van der Waals surface area contributed by atoms with E-state index in [0.717, 1.165) is 23.1 Å². The van der Waals surface area contributed by atoms with Crippen molar-refractivity contribution in [1.29, 1.82) is 0 Å². The molecule has 1 aromatic carbocycles. The molecular weight excluding hydrogens is 394 g/mol. The first-order chi connectivity index (χ1) is 14.9. The zero-order valence-electron chi connectivity index (χ0n) is 17.2. The normalized spacial score (nSPS) is 28.4. The minimum Gasteiger partial charge on any atom is -0.488 e. The van der Waals surface area contributed by atoms with Gasteiger partial charge in [0.05, 0.1) is 23.0 Å². The number of para-hydroxylation sites is 1. The maximum atomic E-state index is 13.2. The molecule has 2 fully saturated rings. The van der Waals surface area contributed by atoms with Crippen molar-refractivity contribution in [3.05, 3.63) is 60.0 Å². The van der Waals surface area contributed by atoms with Gasteiger partial charge in [-0.1, -0.05) is 18.2 Å². The predicted molar refractivity (Wildman–Crippen MR) is 113 cm³/mol. The van der Waals surface area contributed by atoms with Crippen molar-refractivity contribution in [1.82, 2.24) is 14.9 Å². The van der Waals surface area contributed by atoms with Gasteiger partial charge in [0.15, 0.2) is 0 Å². The van der Waals surface area contributed by atoms with Crippen LogP contribution in [0, 0.1) is 10.8 Å². The number of ether oxygens (including phenoxy) is 1. The van der Waals surface area contributed by atoms with E-state index in [1.54, 1.807) is 12.4 Å². The number of carboxylic acids is 1. The van der Waals surface area contributed by atoms with Crippen LogP contribution in [0.15, 0.2) is 48.9 Å². The van der Waals surface area contributed by atoms with E-state index in [1.807, 2.05) is 37.4 Å². The number of rotatable bonds is 6. The molecule has 3 aliphatic rings. The molecule has 2 aromatic heterocycles. The molecule has 31 heavy (non-hydrogen) atoms.